The molecular weight excluding hydrogens is 528 g/mol. The molecule has 1 aromatic carbocycles. The molecule has 0 radical (unpaired) electrons. The average Bonchev–Trinajstić information content (AvgIpc) is 3.67. The molecule has 2 aliphatic heterocycles. The van der Waals surface area contributed by atoms with Gasteiger partial charge in [0.2, 0.25) is 5.91 Å². The fourth-order valence-electron chi connectivity index (χ4n) is 4.50. The summed E-state index contributed by atoms with van der Waals surface area (Å²) in [4.78, 5) is 38.8. The van der Waals surface area contributed by atoms with E-state index in [4.69, 9.17) is 14.7 Å². The van der Waals surface area contributed by atoms with Crippen LogP contribution in [0, 0.1) is 5.92 Å². The highest BCUT2D eigenvalue weighted by Gasteiger charge is 2.33. The average molecular weight is 567 g/mol. The predicted octanol–water partition coefficient (Wildman–Crippen LogP) is 4.53. The Bertz CT molecular complexity index is 1250. The van der Waals surface area contributed by atoms with Gasteiger partial charge >= 0.3 is 6.09 Å². The maximum atomic E-state index is 12.5. The molecule has 3 heterocycles. The van der Waals surface area contributed by atoms with Crippen LogP contribution in [0.4, 0.5) is 22.1 Å². The summed E-state index contributed by atoms with van der Waals surface area (Å²) in [6.45, 7) is 9.85. The summed E-state index contributed by atoms with van der Waals surface area (Å²) in [6, 6.07) is 9.63. The standard InChI is InChI=1S/C28H38N8O3S/c1-5-25(37)29-19-8-10-20(11-9-19)40-26-31-22(30-23-16-21(33-34-23)18-6-7-18)17-24(32-26)35-12-14-36(15-13-35)27(38)39-28(2,3)4/h8-11,17-18,23,34H,5-7,12-16H2,1-4H3,(H,29,37)(H,30,31,32). The molecule has 214 valence electrons. The second-order valence-electron chi connectivity index (χ2n) is 11.3. The van der Waals surface area contributed by atoms with E-state index in [1.54, 1.807) is 4.90 Å². The summed E-state index contributed by atoms with van der Waals surface area (Å²) in [7, 11) is 0. The minimum atomic E-state index is -0.523. The number of nitrogens with one attached hydrogen (secondary N) is 3. The monoisotopic (exact) mass is 566 g/mol. The molecule has 2 aromatic rings. The fraction of sp³-hybridized carbons (Fsp3) is 0.536. The zero-order valence-electron chi connectivity index (χ0n) is 23.6. The van der Waals surface area contributed by atoms with Gasteiger partial charge in [0.15, 0.2) is 5.16 Å². The van der Waals surface area contributed by atoms with Crippen LogP contribution in [0.25, 0.3) is 0 Å². The molecule has 2 fully saturated rings. The maximum Gasteiger partial charge on any atom is 0.410 e. The van der Waals surface area contributed by atoms with Crippen molar-refractivity contribution in [3.8, 4) is 0 Å². The lowest BCUT2D eigenvalue weighted by molar-refractivity contribution is -0.115. The highest BCUT2D eigenvalue weighted by molar-refractivity contribution is 7.99. The summed E-state index contributed by atoms with van der Waals surface area (Å²) >= 11 is 1.46. The summed E-state index contributed by atoms with van der Waals surface area (Å²) in [5.41, 5.74) is 4.68. The van der Waals surface area contributed by atoms with Crippen molar-refractivity contribution in [2.75, 3.05) is 41.7 Å². The number of benzene rings is 1. The molecule has 2 amide bonds. The normalized spacial score (nSPS) is 19.1. The van der Waals surface area contributed by atoms with E-state index in [2.05, 4.69) is 26.1 Å². The van der Waals surface area contributed by atoms with E-state index >= 15 is 0 Å². The van der Waals surface area contributed by atoms with Crippen LogP contribution in [-0.2, 0) is 9.53 Å². The Morgan fingerprint density at radius 3 is 2.48 bits per heavy atom. The third-order valence-corrected chi connectivity index (χ3v) is 7.64. The molecule has 5 rings (SSSR count). The van der Waals surface area contributed by atoms with Crippen LogP contribution in [0.2, 0.25) is 0 Å². The molecular formula is C28H38N8O3S. The molecule has 40 heavy (non-hydrogen) atoms. The van der Waals surface area contributed by atoms with Crippen molar-refractivity contribution in [3.05, 3.63) is 30.3 Å². The molecule has 1 aromatic heterocycles. The Balaban J connectivity index is 1.29. The molecule has 11 nitrogen and oxygen atoms in total. The van der Waals surface area contributed by atoms with Gasteiger partial charge in [0, 0.05) is 61.4 Å². The molecule has 1 atom stereocenters. The first-order valence-electron chi connectivity index (χ1n) is 13.9. The van der Waals surface area contributed by atoms with Crippen LogP contribution in [0.3, 0.4) is 0 Å². The number of carbonyl (C=O) groups is 2. The smallest absolute Gasteiger partial charge is 0.410 e. The van der Waals surface area contributed by atoms with Crippen LogP contribution >= 0.6 is 11.8 Å². The highest BCUT2D eigenvalue weighted by Crippen LogP contribution is 2.34. The topological polar surface area (TPSA) is 124 Å². The Kier molecular flexibility index (Phi) is 8.34. The lowest BCUT2D eigenvalue weighted by Gasteiger charge is -2.36. The zero-order chi connectivity index (χ0) is 28.3. The lowest BCUT2D eigenvalue weighted by atomic mass is 10.1. The van der Waals surface area contributed by atoms with Gasteiger partial charge in [0.05, 0.1) is 0 Å². The van der Waals surface area contributed by atoms with Gasteiger partial charge < -0.3 is 25.2 Å². The van der Waals surface area contributed by atoms with Gasteiger partial charge in [-0.3, -0.25) is 10.2 Å². The zero-order valence-corrected chi connectivity index (χ0v) is 24.4. The number of hydrogen-bond acceptors (Lipinski definition) is 10. The number of nitrogens with zero attached hydrogens (tertiary/aromatic N) is 5. The van der Waals surface area contributed by atoms with Crippen LogP contribution in [0.15, 0.2) is 45.5 Å². The number of amides is 2. The van der Waals surface area contributed by atoms with Crippen LogP contribution in [0.5, 0.6) is 0 Å². The lowest BCUT2D eigenvalue weighted by Crippen LogP contribution is -2.50. The van der Waals surface area contributed by atoms with Crippen molar-refractivity contribution in [1.29, 1.82) is 0 Å². The van der Waals surface area contributed by atoms with Gasteiger partial charge in [0.25, 0.3) is 0 Å². The van der Waals surface area contributed by atoms with E-state index in [1.807, 2.05) is 58.0 Å². The van der Waals surface area contributed by atoms with Gasteiger partial charge in [0.1, 0.15) is 23.4 Å². The number of hydrogen-bond donors (Lipinski definition) is 3. The van der Waals surface area contributed by atoms with Gasteiger partial charge in [-0.05, 0) is 75.6 Å². The van der Waals surface area contributed by atoms with Crippen molar-refractivity contribution >= 4 is 46.8 Å². The molecule has 0 spiro atoms. The number of piperazine rings is 1. The van der Waals surface area contributed by atoms with Crippen LogP contribution in [0.1, 0.15) is 53.4 Å². The SMILES string of the molecule is CCC(=O)Nc1ccc(Sc2nc(NC3CC(C4CC4)=NN3)cc(N3CCN(C(=O)OC(C)(C)C)CC3)n2)cc1. The number of aromatic nitrogens is 2. The Hall–Kier alpha value is -3.54. The minimum Gasteiger partial charge on any atom is -0.444 e. The predicted molar refractivity (Wildman–Crippen MR) is 157 cm³/mol. The van der Waals surface area contributed by atoms with E-state index in [0.717, 1.165) is 28.6 Å². The van der Waals surface area contributed by atoms with E-state index < -0.39 is 5.60 Å². The van der Waals surface area contributed by atoms with E-state index in [-0.39, 0.29) is 18.2 Å². The first-order chi connectivity index (χ1) is 19.1. The number of ether oxygens (including phenoxy) is 1. The van der Waals surface area contributed by atoms with E-state index in [9.17, 15) is 9.59 Å². The second kappa shape index (κ2) is 11.9. The molecule has 0 bridgehead atoms. The Morgan fingerprint density at radius 1 is 1.10 bits per heavy atom. The second-order valence-corrected chi connectivity index (χ2v) is 12.3. The summed E-state index contributed by atoms with van der Waals surface area (Å²) < 4.78 is 5.55. The van der Waals surface area contributed by atoms with Crippen LogP contribution < -0.4 is 21.0 Å². The molecule has 3 N–H and O–H groups in total. The van der Waals surface area contributed by atoms with Crippen molar-refractivity contribution in [2.24, 2.45) is 11.0 Å². The van der Waals surface area contributed by atoms with Gasteiger partial charge in [-0.1, -0.05) is 6.92 Å². The van der Waals surface area contributed by atoms with Crippen LogP contribution in [-0.4, -0.2) is 70.5 Å². The molecule has 1 saturated heterocycles. The molecule has 12 heteroatoms. The molecule has 1 unspecified atom stereocenters. The summed E-state index contributed by atoms with van der Waals surface area (Å²) in [6.07, 6.45) is 3.44. The number of anilines is 3. The van der Waals surface area contributed by atoms with Crippen molar-refractivity contribution in [3.63, 3.8) is 0 Å². The Morgan fingerprint density at radius 2 is 1.82 bits per heavy atom. The highest BCUT2D eigenvalue weighted by atomic mass is 32.2. The fourth-order valence-corrected chi connectivity index (χ4v) is 5.26. The van der Waals surface area contributed by atoms with Crippen molar-refractivity contribution in [2.45, 2.75) is 75.2 Å². The van der Waals surface area contributed by atoms with E-state index in [0.29, 0.717) is 43.7 Å². The molecule has 1 aliphatic carbocycles. The number of hydrazone groups is 1. The molecule has 3 aliphatic rings. The quantitative estimate of drug-likeness (QED) is 0.395. The first-order valence-corrected chi connectivity index (χ1v) is 14.7. The minimum absolute atomic E-state index is 0.0123. The largest absolute Gasteiger partial charge is 0.444 e. The third-order valence-electron chi connectivity index (χ3n) is 6.76. The van der Waals surface area contributed by atoms with Crippen molar-refractivity contribution in [1.82, 2.24) is 20.3 Å². The van der Waals surface area contributed by atoms with Gasteiger partial charge in [-0.15, -0.1) is 0 Å². The van der Waals surface area contributed by atoms with E-state index in [1.165, 1.54) is 30.3 Å². The van der Waals surface area contributed by atoms with Crippen molar-refractivity contribution < 1.29 is 14.3 Å². The van der Waals surface area contributed by atoms with Gasteiger partial charge in [-0.25, -0.2) is 14.8 Å². The molecule has 1 saturated carbocycles. The van der Waals surface area contributed by atoms with Gasteiger partial charge in [-0.2, -0.15) is 5.10 Å². The number of carbonyl (C=O) groups excluding carboxylic acids is 2. The summed E-state index contributed by atoms with van der Waals surface area (Å²) in [5, 5.41) is 11.5. The first kappa shape index (κ1) is 28.0. The Labute approximate surface area is 239 Å². The number of rotatable bonds is 8. The summed E-state index contributed by atoms with van der Waals surface area (Å²) in [5.74, 6) is 2.13. The maximum absolute atomic E-state index is 12.5. The third kappa shape index (κ3) is 7.56.